The van der Waals surface area contributed by atoms with Gasteiger partial charge in [-0.3, -0.25) is 9.59 Å². The number of hydrogen-bond donors (Lipinski definition) is 3. The van der Waals surface area contributed by atoms with Crippen LogP contribution in [-0.4, -0.2) is 29.1 Å². The minimum Gasteiger partial charge on any atom is -0.389 e. The van der Waals surface area contributed by atoms with Gasteiger partial charge in [0.05, 0.1) is 12.0 Å². The Morgan fingerprint density at radius 2 is 1.76 bits per heavy atom. The normalized spacial score (nSPS) is 16.2. The fourth-order valence-corrected chi connectivity index (χ4v) is 3.20. The third kappa shape index (κ3) is 6.50. The van der Waals surface area contributed by atoms with Crippen molar-refractivity contribution in [2.45, 2.75) is 70.4 Å². The Balaban J connectivity index is 1.77. The van der Waals surface area contributed by atoms with Crippen molar-refractivity contribution in [2.24, 2.45) is 0 Å². The van der Waals surface area contributed by atoms with Crippen molar-refractivity contribution in [1.29, 1.82) is 0 Å². The van der Waals surface area contributed by atoms with Crippen LogP contribution in [0.3, 0.4) is 0 Å². The zero-order valence-electron chi connectivity index (χ0n) is 15.1. The van der Waals surface area contributed by atoms with E-state index in [1.54, 1.807) is 12.1 Å². The maximum atomic E-state index is 12.1. The van der Waals surface area contributed by atoms with Crippen LogP contribution < -0.4 is 10.6 Å². The second kappa shape index (κ2) is 9.56. The number of rotatable bonds is 8. The second-order valence-electron chi connectivity index (χ2n) is 7.04. The lowest BCUT2D eigenvalue weighted by Gasteiger charge is -2.31. The highest BCUT2D eigenvalue weighted by molar-refractivity contribution is 5.94. The number of carbonyl (C=O) groups excluding carboxylic acids is 2. The molecular formula is C20H30N2O3. The fourth-order valence-electron chi connectivity index (χ4n) is 3.20. The standard InChI is InChI=1S/C20H30N2O3/c1-2-3-13-21-19(24)17-9-7-16(8-10-17)15-22-18(23)14-20(25)11-5-4-6-12-20/h7-10,25H,2-6,11-15H2,1H3,(H,21,24)(H,22,23). The van der Waals surface area contributed by atoms with E-state index < -0.39 is 5.60 Å². The van der Waals surface area contributed by atoms with Crippen molar-refractivity contribution in [3.63, 3.8) is 0 Å². The molecule has 0 spiro atoms. The zero-order chi connectivity index (χ0) is 18.1. The monoisotopic (exact) mass is 346 g/mol. The van der Waals surface area contributed by atoms with Crippen LogP contribution in [0.1, 0.15) is 74.2 Å². The van der Waals surface area contributed by atoms with Crippen molar-refractivity contribution < 1.29 is 14.7 Å². The van der Waals surface area contributed by atoms with E-state index in [0.717, 1.165) is 37.7 Å². The lowest BCUT2D eigenvalue weighted by molar-refractivity contribution is -0.127. The lowest BCUT2D eigenvalue weighted by atomic mass is 9.82. The number of amides is 2. The van der Waals surface area contributed by atoms with E-state index >= 15 is 0 Å². The van der Waals surface area contributed by atoms with Crippen LogP contribution in [0.15, 0.2) is 24.3 Å². The molecule has 1 aliphatic carbocycles. The van der Waals surface area contributed by atoms with Crippen molar-refractivity contribution in [1.82, 2.24) is 10.6 Å². The second-order valence-corrected chi connectivity index (χ2v) is 7.04. The van der Waals surface area contributed by atoms with Gasteiger partial charge in [-0.15, -0.1) is 0 Å². The van der Waals surface area contributed by atoms with Crippen LogP contribution in [0, 0.1) is 0 Å². The van der Waals surface area contributed by atoms with Crippen molar-refractivity contribution in [3.8, 4) is 0 Å². The predicted octanol–water partition coefficient (Wildman–Crippen LogP) is 2.92. The van der Waals surface area contributed by atoms with Gasteiger partial charge in [-0.1, -0.05) is 44.7 Å². The molecule has 0 bridgehead atoms. The molecule has 5 nitrogen and oxygen atoms in total. The average molecular weight is 346 g/mol. The third-order valence-corrected chi connectivity index (χ3v) is 4.80. The molecule has 1 aromatic carbocycles. The highest BCUT2D eigenvalue weighted by Crippen LogP contribution is 2.30. The first-order valence-corrected chi connectivity index (χ1v) is 9.39. The van der Waals surface area contributed by atoms with Crippen LogP contribution in [0.4, 0.5) is 0 Å². The first-order chi connectivity index (χ1) is 12.0. The number of unbranched alkanes of at least 4 members (excludes halogenated alkanes) is 1. The number of benzene rings is 1. The van der Waals surface area contributed by atoms with E-state index in [2.05, 4.69) is 17.6 Å². The van der Waals surface area contributed by atoms with Gasteiger partial charge >= 0.3 is 0 Å². The quantitative estimate of drug-likeness (QED) is 0.633. The largest absolute Gasteiger partial charge is 0.389 e. The van der Waals surface area contributed by atoms with Gasteiger partial charge < -0.3 is 15.7 Å². The molecular weight excluding hydrogens is 316 g/mol. The van der Waals surface area contributed by atoms with Crippen molar-refractivity contribution >= 4 is 11.8 Å². The molecule has 0 unspecified atom stereocenters. The van der Waals surface area contributed by atoms with Gasteiger partial charge in [0.2, 0.25) is 5.91 Å². The van der Waals surface area contributed by atoms with Gasteiger partial charge in [-0.05, 0) is 37.0 Å². The van der Waals surface area contributed by atoms with Crippen molar-refractivity contribution in [2.75, 3.05) is 6.54 Å². The fraction of sp³-hybridized carbons (Fsp3) is 0.600. The summed E-state index contributed by atoms with van der Waals surface area (Å²) in [6, 6.07) is 7.25. The third-order valence-electron chi connectivity index (χ3n) is 4.80. The molecule has 1 aromatic rings. The Hall–Kier alpha value is -1.88. The summed E-state index contributed by atoms with van der Waals surface area (Å²) >= 11 is 0. The first kappa shape index (κ1) is 19.4. The van der Waals surface area contributed by atoms with E-state index in [-0.39, 0.29) is 18.2 Å². The number of nitrogens with one attached hydrogen (secondary N) is 2. The molecule has 1 saturated carbocycles. The summed E-state index contributed by atoms with van der Waals surface area (Å²) in [6.07, 6.45) is 6.74. The highest BCUT2D eigenvalue weighted by Gasteiger charge is 2.31. The van der Waals surface area contributed by atoms with E-state index in [9.17, 15) is 14.7 Å². The van der Waals surface area contributed by atoms with E-state index in [1.807, 2.05) is 12.1 Å². The summed E-state index contributed by atoms with van der Waals surface area (Å²) in [4.78, 5) is 24.0. The molecule has 0 heterocycles. The number of hydrogen-bond acceptors (Lipinski definition) is 3. The first-order valence-electron chi connectivity index (χ1n) is 9.39. The predicted molar refractivity (Wildman–Crippen MR) is 98.2 cm³/mol. The lowest BCUT2D eigenvalue weighted by Crippen LogP contribution is -2.38. The summed E-state index contributed by atoms with van der Waals surface area (Å²) in [5.41, 5.74) is 0.736. The average Bonchev–Trinajstić information content (AvgIpc) is 2.61. The Labute approximate surface area is 150 Å². The number of aliphatic hydroxyl groups is 1. The molecule has 0 saturated heterocycles. The molecule has 3 N–H and O–H groups in total. The molecule has 5 heteroatoms. The van der Waals surface area contributed by atoms with Gasteiger partial charge in [0, 0.05) is 18.7 Å². The molecule has 0 aromatic heterocycles. The van der Waals surface area contributed by atoms with Crippen LogP contribution in [-0.2, 0) is 11.3 Å². The van der Waals surface area contributed by atoms with Crippen molar-refractivity contribution in [3.05, 3.63) is 35.4 Å². The molecule has 1 fully saturated rings. The highest BCUT2D eigenvalue weighted by atomic mass is 16.3. The summed E-state index contributed by atoms with van der Waals surface area (Å²) in [6.45, 7) is 3.19. The Kier molecular flexibility index (Phi) is 7.44. The summed E-state index contributed by atoms with van der Waals surface area (Å²) in [5, 5.41) is 16.2. The van der Waals surface area contributed by atoms with Gasteiger partial charge in [-0.2, -0.15) is 0 Å². The molecule has 2 rings (SSSR count). The van der Waals surface area contributed by atoms with E-state index in [0.29, 0.717) is 31.5 Å². The van der Waals surface area contributed by atoms with Crippen LogP contribution in [0.5, 0.6) is 0 Å². The molecule has 0 radical (unpaired) electrons. The van der Waals surface area contributed by atoms with Gasteiger partial charge in [-0.25, -0.2) is 0 Å². The smallest absolute Gasteiger partial charge is 0.251 e. The van der Waals surface area contributed by atoms with Gasteiger partial charge in [0.1, 0.15) is 0 Å². The van der Waals surface area contributed by atoms with Gasteiger partial charge in [0.15, 0.2) is 0 Å². The maximum Gasteiger partial charge on any atom is 0.251 e. The van der Waals surface area contributed by atoms with Crippen LogP contribution >= 0.6 is 0 Å². The molecule has 25 heavy (non-hydrogen) atoms. The minimum atomic E-state index is -0.831. The van der Waals surface area contributed by atoms with Crippen LogP contribution in [0.25, 0.3) is 0 Å². The molecule has 0 atom stereocenters. The molecule has 1 aliphatic rings. The SMILES string of the molecule is CCCCNC(=O)c1ccc(CNC(=O)CC2(O)CCCCC2)cc1. The Morgan fingerprint density at radius 1 is 1.08 bits per heavy atom. The molecule has 0 aliphatic heterocycles. The summed E-state index contributed by atoms with van der Waals surface area (Å²) in [5.74, 6) is -0.186. The van der Waals surface area contributed by atoms with E-state index in [1.165, 1.54) is 0 Å². The van der Waals surface area contributed by atoms with E-state index in [4.69, 9.17) is 0 Å². The Bertz CT molecular complexity index is 563. The molecule has 2 amide bonds. The minimum absolute atomic E-state index is 0.0662. The van der Waals surface area contributed by atoms with Gasteiger partial charge in [0.25, 0.3) is 5.91 Å². The summed E-state index contributed by atoms with van der Waals surface area (Å²) < 4.78 is 0. The topological polar surface area (TPSA) is 78.4 Å². The molecule has 138 valence electrons. The Morgan fingerprint density at radius 3 is 2.40 bits per heavy atom. The zero-order valence-corrected chi connectivity index (χ0v) is 15.1. The number of carbonyl (C=O) groups is 2. The summed E-state index contributed by atoms with van der Waals surface area (Å²) in [7, 11) is 0. The van der Waals surface area contributed by atoms with Crippen LogP contribution in [0.2, 0.25) is 0 Å². The maximum absolute atomic E-state index is 12.1.